The highest BCUT2D eigenvalue weighted by Crippen LogP contribution is 2.37. The number of hydrogen-bond acceptors (Lipinski definition) is 21. The van der Waals surface area contributed by atoms with Gasteiger partial charge in [0.05, 0.1) is 97.3 Å². The van der Waals surface area contributed by atoms with E-state index in [1.807, 2.05) is 6.07 Å². The maximum absolute atomic E-state index is 15.5. The van der Waals surface area contributed by atoms with Crippen molar-refractivity contribution >= 4 is 68.9 Å². The number of hydrogen-bond donors (Lipinski definition) is 7. The van der Waals surface area contributed by atoms with E-state index in [2.05, 4.69) is 71.5 Å². The van der Waals surface area contributed by atoms with Crippen LogP contribution < -0.4 is 31.7 Å². The number of carbonyl (C=O) groups is 3. The van der Waals surface area contributed by atoms with E-state index in [9.17, 15) is 34.2 Å². The summed E-state index contributed by atoms with van der Waals surface area (Å²) in [5.74, 6) is -4.01. The van der Waals surface area contributed by atoms with Crippen molar-refractivity contribution in [2.45, 2.75) is 77.7 Å². The fourth-order valence-electron chi connectivity index (χ4n) is 8.06. The van der Waals surface area contributed by atoms with Crippen molar-refractivity contribution in [1.29, 1.82) is 5.26 Å². The lowest BCUT2D eigenvalue weighted by molar-refractivity contribution is -0.139. The smallest absolute Gasteiger partial charge is 0.326 e. The molecular weight excluding hydrogens is 1080 g/mol. The summed E-state index contributed by atoms with van der Waals surface area (Å²) in [5.41, 5.74) is 9.70. The van der Waals surface area contributed by atoms with E-state index in [4.69, 9.17) is 31.5 Å². The van der Waals surface area contributed by atoms with Crippen LogP contribution in [0.25, 0.3) is 33.5 Å². The second kappa shape index (κ2) is 27.5. The van der Waals surface area contributed by atoms with Crippen LogP contribution in [0.2, 0.25) is 5.02 Å². The molecule has 420 valence electrons. The summed E-state index contributed by atoms with van der Waals surface area (Å²) in [5, 5.41) is 49.1. The van der Waals surface area contributed by atoms with Gasteiger partial charge >= 0.3 is 12.0 Å². The van der Waals surface area contributed by atoms with E-state index in [-0.39, 0.29) is 114 Å². The van der Waals surface area contributed by atoms with Crippen molar-refractivity contribution in [2.75, 3.05) is 49.3 Å². The van der Waals surface area contributed by atoms with Crippen LogP contribution >= 0.6 is 11.6 Å². The molecule has 6 aromatic heterocycles. The van der Waals surface area contributed by atoms with E-state index in [0.717, 1.165) is 12.8 Å². The van der Waals surface area contributed by atoms with Gasteiger partial charge in [-0.3, -0.25) is 14.3 Å². The number of nitrogens with zero attached hydrogens (tertiary/aromatic N) is 12. The number of nitrogens with two attached hydrogens (primary N) is 1. The molecular formula is C53H54ClF2N17O8. The molecule has 2 amide bonds. The molecule has 0 saturated carbocycles. The summed E-state index contributed by atoms with van der Waals surface area (Å²) in [6.45, 7) is 5.66. The molecule has 0 spiro atoms. The molecule has 0 radical (unpaired) electrons. The van der Waals surface area contributed by atoms with Crippen molar-refractivity contribution in [3.05, 3.63) is 124 Å². The number of unbranched alkanes of at least 4 members (excludes halogenated alkanes) is 2. The third-order valence-electron chi connectivity index (χ3n) is 12.3. The number of carboxylic acid groups (broad SMARTS) is 1. The van der Waals surface area contributed by atoms with Crippen LogP contribution in [0.5, 0.6) is 11.9 Å². The minimum Gasteiger partial charge on any atom is -0.492 e. The van der Waals surface area contributed by atoms with Gasteiger partial charge in [0.25, 0.3) is 5.91 Å². The van der Waals surface area contributed by atoms with Crippen LogP contribution in [0.15, 0.2) is 73.3 Å². The van der Waals surface area contributed by atoms with Gasteiger partial charge in [-0.05, 0) is 82.0 Å². The molecule has 8 N–H and O–H groups in total. The SMILES string of the molecule is Cc1nc2cc(F)c(-c3cnc(OCCCCCn4cc(COCCOCCNC(=O)CC[C@H](NC(=O)c5ccc(NCc6cnc7nc(N)nc(O)c7n6)cc5)C(=O)O)nn4)nc3)nc2c(N[C@H](C)c2cc(C#N)ccc2F)c1Cl. The van der Waals surface area contributed by atoms with Crippen molar-refractivity contribution in [3.63, 3.8) is 0 Å². The van der Waals surface area contributed by atoms with E-state index >= 15 is 4.39 Å². The summed E-state index contributed by atoms with van der Waals surface area (Å²) in [6, 6.07) is 11.7. The van der Waals surface area contributed by atoms with Gasteiger partial charge in [0, 0.05) is 60.3 Å². The summed E-state index contributed by atoms with van der Waals surface area (Å²) in [4.78, 5) is 70.8. The van der Waals surface area contributed by atoms with Gasteiger partial charge in [0.2, 0.25) is 17.7 Å². The second-order valence-corrected chi connectivity index (χ2v) is 18.6. The average molecular weight is 1130 g/mol. The number of aromatic nitrogens is 11. The molecule has 0 unspecified atom stereocenters. The Morgan fingerprint density at radius 3 is 2.46 bits per heavy atom. The number of fused-ring (bicyclic) bond motifs is 2. The van der Waals surface area contributed by atoms with Gasteiger partial charge in [-0.25, -0.2) is 43.5 Å². The molecule has 28 heteroatoms. The molecule has 0 aliphatic rings. The average Bonchev–Trinajstić information content (AvgIpc) is 3.95. The Hall–Kier alpha value is -9.39. The number of aromatic hydroxyl groups is 1. The Bertz CT molecular complexity index is 3580. The monoisotopic (exact) mass is 1130 g/mol. The number of nitrogen functional groups attached to an aromatic ring is 1. The van der Waals surface area contributed by atoms with Gasteiger partial charge in [0.1, 0.15) is 28.8 Å². The molecule has 8 rings (SSSR count). The predicted molar refractivity (Wildman–Crippen MR) is 289 cm³/mol. The standard InChI is InChI=1S/C53H54ClF2N17O8/c1-29(37-20-31(22-57)6-11-38(37)55)65-46-43(54)30(2)64-41-21-39(56)44(68-45(41)46)33-23-62-53(63-24-33)81-16-5-3-4-15-73-27-36(71-72-73)28-80-19-18-79-17-14-59-42(74)13-12-40(51(77)78)67-49(75)32-7-9-34(10-8-32)60-25-35-26-61-48-47(66-35)50(76)70-52(58)69-48/h6-11,20-21,23-24,26-27,29,40,60H,3-5,12-19,25,28H2,1-2H3,(H,59,74)(H,64,65)(H,67,75)(H,77,78)(H3,58,61,69,70,76)/t29-,40+/m1/s1. The second-order valence-electron chi connectivity index (χ2n) is 18.2. The number of amides is 2. The highest BCUT2D eigenvalue weighted by molar-refractivity contribution is 6.35. The molecule has 2 aromatic carbocycles. The van der Waals surface area contributed by atoms with Crippen LogP contribution in [0, 0.1) is 29.9 Å². The van der Waals surface area contributed by atoms with Crippen molar-refractivity contribution in [2.24, 2.45) is 0 Å². The number of pyridine rings is 2. The largest absolute Gasteiger partial charge is 0.492 e. The van der Waals surface area contributed by atoms with Crippen molar-refractivity contribution < 1.29 is 47.6 Å². The first-order valence-electron chi connectivity index (χ1n) is 25.4. The molecule has 0 aliphatic carbocycles. The molecule has 25 nitrogen and oxygen atoms in total. The zero-order valence-corrected chi connectivity index (χ0v) is 44.5. The van der Waals surface area contributed by atoms with E-state index in [0.29, 0.717) is 53.6 Å². The van der Waals surface area contributed by atoms with Crippen LogP contribution in [0.1, 0.15) is 83.6 Å². The molecule has 0 fully saturated rings. The van der Waals surface area contributed by atoms with Crippen LogP contribution in [-0.2, 0) is 38.8 Å². The van der Waals surface area contributed by atoms with Crippen LogP contribution in [0.4, 0.5) is 26.1 Å². The first-order valence-corrected chi connectivity index (χ1v) is 25.7. The number of carboxylic acids is 1. The Morgan fingerprint density at radius 2 is 1.68 bits per heavy atom. The highest BCUT2D eigenvalue weighted by atomic mass is 35.5. The quantitative estimate of drug-likeness (QED) is 0.0270. The lowest BCUT2D eigenvalue weighted by Crippen LogP contribution is -2.41. The maximum atomic E-state index is 15.5. The normalized spacial score (nSPS) is 12.0. The maximum Gasteiger partial charge on any atom is 0.326 e. The molecule has 0 aliphatic heterocycles. The number of rotatable bonds is 28. The van der Waals surface area contributed by atoms with Gasteiger partial charge in [-0.2, -0.15) is 15.2 Å². The Balaban J connectivity index is 0.665. The van der Waals surface area contributed by atoms with Gasteiger partial charge in [-0.15, -0.1) is 5.10 Å². The van der Waals surface area contributed by atoms with Crippen molar-refractivity contribution in [3.8, 4) is 29.2 Å². The number of anilines is 3. The topological polar surface area (TPSA) is 351 Å². The zero-order valence-electron chi connectivity index (χ0n) is 43.7. The van der Waals surface area contributed by atoms with Crippen LogP contribution in [-0.4, -0.2) is 122 Å². The van der Waals surface area contributed by atoms with Crippen molar-refractivity contribution in [1.82, 2.24) is 65.5 Å². The summed E-state index contributed by atoms with van der Waals surface area (Å²) < 4.78 is 48.9. The van der Waals surface area contributed by atoms with Gasteiger partial charge in [0.15, 0.2) is 17.0 Å². The molecule has 0 saturated heterocycles. The minimum absolute atomic E-state index is 0.0505. The lowest BCUT2D eigenvalue weighted by Gasteiger charge is -2.20. The zero-order chi connectivity index (χ0) is 57.4. The first kappa shape index (κ1) is 57.8. The summed E-state index contributed by atoms with van der Waals surface area (Å²) in [7, 11) is 0. The number of carbonyl (C=O) groups excluding carboxylic acids is 2. The van der Waals surface area contributed by atoms with E-state index in [1.54, 1.807) is 36.9 Å². The van der Waals surface area contributed by atoms with E-state index < -0.39 is 47.4 Å². The number of ether oxygens (including phenoxy) is 3. The molecule has 6 heterocycles. The molecule has 8 aromatic rings. The lowest BCUT2D eigenvalue weighted by atomic mass is 10.0. The number of aliphatic carboxylic acids is 1. The first-order chi connectivity index (χ1) is 39.1. The Morgan fingerprint density at radius 1 is 0.889 bits per heavy atom. The van der Waals surface area contributed by atoms with Gasteiger partial charge in [-0.1, -0.05) is 16.8 Å². The Labute approximate surface area is 465 Å². The molecule has 81 heavy (non-hydrogen) atoms. The number of nitriles is 1. The van der Waals surface area contributed by atoms with Crippen LogP contribution in [0.3, 0.4) is 0 Å². The predicted octanol–water partition coefficient (Wildman–Crippen LogP) is 6.16. The fraction of sp³-hybridized carbons (Fsp3) is 0.321. The third-order valence-corrected chi connectivity index (χ3v) is 12.7. The molecule has 2 atom stereocenters. The number of benzene rings is 2. The van der Waals surface area contributed by atoms with Gasteiger partial charge < -0.3 is 51.4 Å². The number of nitrogens with one attached hydrogen (secondary N) is 4. The van der Waals surface area contributed by atoms with E-state index in [1.165, 1.54) is 55.0 Å². The third kappa shape index (κ3) is 15.7. The minimum atomic E-state index is -1.31. The summed E-state index contributed by atoms with van der Waals surface area (Å²) in [6.07, 6.45) is 8.08. The Kier molecular flexibility index (Phi) is 19.6. The number of halogens is 3. The fourth-order valence-corrected chi connectivity index (χ4v) is 8.25. The molecule has 0 bridgehead atoms. The highest BCUT2D eigenvalue weighted by Gasteiger charge is 2.23. The summed E-state index contributed by atoms with van der Waals surface area (Å²) >= 11 is 6.68. The number of aryl methyl sites for hydroxylation is 2.